The first kappa shape index (κ1) is 11.4. The summed E-state index contributed by atoms with van der Waals surface area (Å²) in [4.78, 5) is 11.3. The van der Waals surface area contributed by atoms with Gasteiger partial charge in [0, 0.05) is 6.42 Å². The summed E-state index contributed by atoms with van der Waals surface area (Å²) in [6.07, 6.45) is 0.155. The zero-order valence-corrected chi connectivity index (χ0v) is 8.00. The van der Waals surface area contributed by atoms with Crippen LogP contribution in [0.1, 0.15) is 16.8 Å². The average Bonchev–Trinajstić information content (AvgIpc) is 2.22. The average molecular weight is 215 g/mol. The molecule has 0 saturated heterocycles. The van der Waals surface area contributed by atoms with Gasteiger partial charge >= 0.3 is 5.97 Å². The van der Waals surface area contributed by atoms with Gasteiger partial charge in [-0.3, -0.25) is 4.39 Å². The number of hydrogen-bond acceptors (Lipinski definition) is 3. The molecule has 0 fully saturated rings. The number of alkyl halides is 1. The molecule has 0 aliphatic rings. The number of rotatable bonds is 4. The predicted octanol–water partition coefficient (Wildman–Crippen LogP) is 1.92. The van der Waals surface area contributed by atoms with Crippen LogP contribution in [0.15, 0.2) is 18.2 Å². The molecule has 0 saturated carbocycles. The smallest absolute Gasteiger partial charge is 0.338 e. The third-order valence-electron chi connectivity index (χ3n) is 1.74. The van der Waals surface area contributed by atoms with E-state index in [1.54, 1.807) is 0 Å². The minimum atomic E-state index is -0.629. The molecule has 15 heavy (non-hydrogen) atoms. The van der Waals surface area contributed by atoms with Crippen LogP contribution in [0.4, 0.5) is 14.5 Å². The normalized spacial score (nSPS) is 10.0. The number of anilines is 1. The molecule has 0 aromatic heterocycles. The second-order valence-electron chi connectivity index (χ2n) is 2.91. The Kier molecular flexibility index (Phi) is 4.03. The summed E-state index contributed by atoms with van der Waals surface area (Å²) in [5.41, 5.74) is 5.31. The minimum Gasteiger partial charge on any atom is -0.462 e. The minimum absolute atomic E-state index is 0.00656. The predicted molar refractivity (Wildman–Crippen MR) is 51.7 cm³/mol. The van der Waals surface area contributed by atoms with E-state index in [1.807, 2.05) is 0 Å². The van der Waals surface area contributed by atoms with E-state index in [1.165, 1.54) is 12.1 Å². The van der Waals surface area contributed by atoms with Gasteiger partial charge in [0.25, 0.3) is 0 Å². The maximum atomic E-state index is 12.7. The van der Waals surface area contributed by atoms with Gasteiger partial charge in [-0.2, -0.15) is 0 Å². The zero-order valence-electron chi connectivity index (χ0n) is 8.00. The van der Waals surface area contributed by atoms with Crippen molar-refractivity contribution in [3.8, 4) is 0 Å². The summed E-state index contributed by atoms with van der Waals surface area (Å²) in [6, 6.07) is 3.54. The van der Waals surface area contributed by atoms with E-state index >= 15 is 0 Å². The first-order chi connectivity index (χ1) is 7.15. The second-order valence-corrected chi connectivity index (χ2v) is 2.91. The number of halogens is 2. The van der Waals surface area contributed by atoms with E-state index < -0.39 is 18.5 Å². The number of ether oxygens (including phenoxy) is 1. The van der Waals surface area contributed by atoms with Gasteiger partial charge in [0.1, 0.15) is 5.82 Å². The summed E-state index contributed by atoms with van der Waals surface area (Å²) in [5, 5.41) is 0. The molecule has 1 rings (SSSR count). The van der Waals surface area contributed by atoms with Crippen LogP contribution in [0.25, 0.3) is 0 Å². The highest BCUT2D eigenvalue weighted by Gasteiger charge is 2.08. The molecule has 5 heteroatoms. The Morgan fingerprint density at radius 3 is 2.80 bits per heavy atom. The van der Waals surface area contributed by atoms with E-state index in [4.69, 9.17) is 10.5 Å². The highest BCUT2D eigenvalue weighted by molar-refractivity contribution is 5.90. The Bertz CT molecular complexity index is 355. The molecule has 0 radical (unpaired) electrons. The van der Waals surface area contributed by atoms with Gasteiger partial charge in [-0.1, -0.05) is 0 Å². The molecule has 3 nitrogen and oxygen atoms in total. The van der Waals surface area contributed by atoms with E-state index in [-0.39, 0.29) is 24.3 Å². The molecule has 0 aliphatic carbocycles. The molecule has 2 N–H and O–H groups in total. The molecule has 0 aliphatic heterocycles. The van der Waals surface area contributed by atoms with E-state index in [0.717, 1.165) is 6.07 Å². The number of benzene rings is 1. The van der Waals surface area contributed by atoms with Crippen LogP contribution >= 0.6 is 0 Å². The highest BCUT2D eigenvalue weighted by atomic mass is 19.1. The van der Waals surface area contributed by atoms with Gasteiger partial charge < -0.3 is 10.5 Å². The molecule has 82 valence electrons. The Labute approximate surface area is 85.8 Å². The Hall–Kier alpha value is -1.65. The van der Waals surface area contributed by atoms with Crippen LogP contribution in [0, 0.1) is 5.82 Å². The van der Waals surface area contributed by atoms with Crippen molar-refractivity contribution in [2.45, 2.75) is 6.42 Å². The van der Waals surface area contributed by atoms with Gasteiger partial charge in [0.2, 0.25) is 0 Å². The van der Waals surface area contributed by atoms with E-state index in [0.29, 0.717) is 0 Å². The summed E-state index contributed by atoms with van der Waals surface area (Å²) < 4.78 is 29.2. The van der Waals surface area contributed by atoms with Crippen molar-refractivity contribution in [2.24, 2.45) is 0 Å². The van der Waals surface area contributed by atoms with Crippen LogP contribution in [-0.2, 0) is 4.74 Å². The van der Waals surface area contributed by atoms with Crippen molar-refractivity contribution >= 4 is 11.7 Å². The molecule has 0 atom stereocenters. The highest BCUT2D eigenvalue weighted by Crippen LogP contribution is 2.13. The summed E-state index contributed by atoms with van der Waals surface area (Å²) in [6.45, 7) is -0.536. The third-order valence-corrected chi connectivity index (χ3v) is 1.74. The third kappa shape index (κ3) is 3.19. The zero-order chi connectivity index (χ0) is 11.3. The lowest BCUT2D eigenvalue weighted by atomic mass is 10.2. The first-order valence-electron chi connectivity index (χ1n) is 4.43. The number of nitrogens with two attached hydrogens (primary N) is 1. The van der Waals surface area contributed by atoms with E-state index in [2.05, 4.69) is 0 Å². The van der Waals surface area contributed by atoms with Gasteiger partial charge in [0.05, 0.1) is 24.5 Å². The second kappa shape index (κ2) is 5.29. The van der Waals surface area contributed by atoms with Crippen molar-refractivity contribution in [3.05, 3.63) is 29.6 Å². The maximum absolute atomic E-state index is 12.7. The summed E-state index contributed by atoms with van der Waals surface area (Å²) in [7, 11) is 0. The fourth-order valence-electron chi connectivity index (χ4n) is 0.973. The summed E-state index contributed by atoms with van der Waals surface area (Å²) >= 11 is 0. The van der Waals surface area contributed by atoms with Crippen LogP contribution in [0.3, 0.4) is 0 Å². The molecular formula is C10H11F2NO2. The standard InChI is InChI=1S/C10H11F2NO2/c11-4-1-5-15-10(14)7-2-3-8(12)9(13)6-7/h2-3,6H,1,4-5,13H2. The van der Waals surface area contributed by atoms with Gasteiger partial charge in [0.15, 0.2) is 0 Å². The van der Waals surface area contributed by atoms with Crippen LogP contribution in [-0.4, -0.2) is 19.3 Å². The van der Waals surface area contributed by atoms with Crippen LogP contribution < -0.4 is 5.73 Å². The number of esters is 1. The van der Waals surface area contributed by atoms with Crippen LogP contribution in [0.2, 0.25) is 0 Å². The molecule has 0 bridgehead atoms. The van der Waals surface area contributed by atoms with Crippen molar-refractivity contribution in [1.29, 1.82) is 0 Å². The largest absolute Gasteiger partial charge is 0.462 e. The Morgan fingerprint density at radius 1 is 1.47 bits per heavy atom. The maximum Gasteiger partial charge on any atom is 0.338 e. The monoisotopic (exact) mass is 215 g/mol. The summed E-state index contributed by atoms with van der Waals surface area (Å²) in [5.74, 6) is -1.22. The molecule has 0 unspecified atom stereocenters. The molecule has 0 amide bonds. The molecule has 0 spiro atoms. The van der Waals surface area contributed by atoms with E-state index in [9.17, 15) is 13.6 Å². The van der Waals surface area contributed by atoms with Gasteiger partial charge in [-0.15, -0.1) is 0 Å². The topological polar surface area (TPSA) is 52.3 Å². The van der Waals surface area contributed by atoms with Crippen molar-refractivity contribution in [2.75, 3.05) is 19.0 Å². The lowest BCUT2D eigenvalue weighted by Crippen LogP contribution is -2.07. The fraction of sp³-hybridized carbons (Fsp3) is 0.300. The molecule has 1 aromatic carbocycles. The number of hydrogen-bond donors (Lipinski definition) is 1. The van der Waals surface area contributed by atoms with Crippen LogP contribution in [0.5, 0.6) is 0 Å². The van der Waals surface area contributed by atoms with Crippen molar-refractivity contribution < 1.29 is 18.3 Å². The quantitative estimate of drug-likeness (QED) is 0.474. The van der Waals surface area contributed by atoms with Crippen molar-refractivity contribution in [1.82, 2.24) is 0 Å². The first-order valence-corrected chi connectivity index (χ1v) is 4.43. The van der Waals surface area contributed by atoms with Gasteiger partial charge in [-0.25, -0.2) is 9.18 Å². The number of carbonyl (C=O) groups excluding carboxylic acids is 1. The van der Waals surface area contributed by atoms with Crippen molar-refractivity contribution in [3.63, 3.8) is 0 Å². The number of carbonyl (C=O) groups is 1. The molecule has 1 aromatic rings. The SMILES string of the molecule is Nc1cc(C(=O)OCCCF)ccc1F. The van der Waals surface area contributed by atoms with Gasteiger partial charge in [-0.05, 0) is 18.2 Å². The fourth-order valence-corrected chi connectivity index (χ4v) is 0.973. The Balaban J connectivity index is 2.62. The Morgan fingerprint density at radius 2 is 2.20 bits per heavy atom. The lowest BCUT2D eigenvalue weighted by Gasteiger charge is -2.04. The molecule has 0 heterocycles. The number of nitrogen functional groups attached to an aromatic ring is 1. The molecular weight excluding hydrogens is 204 g/mol. The lowest BCUT2D eigenvalue weighted by molar-refractivity contribution is 0.0494.